The van der Waals surface area contributed by atoms with Gasteiger partial charge in [0.1, 0.15) is 0 Å². The molecule has 1 amide bonds. The quantitative estimate of drug-likeness (QED) is 0.370. The zero-order chi connectivity index (χ0) is 24.5. The van der Waals surface area contributed by atoms with Crippen molar-refractivity contribution in [3.63, 3.8) is 0 Å². The number of amides is 1. The van der Waals surface area contributed by atoms with E-state index in [1.165, 1.54) is 36.8 Å². The number of rotatable bonds is 8. The van der Waals surface area contributed by atoms with E-state index in [1.807, 2.05) is 12.1 Å². The lowest BCUT2D eigenvalue weighted by atomic mass is 10.1. The van der Waals surface area contributed by atoms with Crippen LogP contribution in [0.4, 0.5) is 21.5 Å². The third-order valence-corrected chi connectivity index (χ3v) is 6.66. The molecule has 1 fully saturated rings. The van der Waals surface area contributed by atoms with Crippen LogP contribution in [0.3, 0.4) is 0 Å². The molecule has 0 unspecified atom stereocenters. The van der Waals surface area contributed by atoms with E-state index in [0.717, 1.165) is 24.7 Å². The largest absolute Gasteiger partial charge is 0.353 e. The standard InChI is InChI=1S/C23H24FN5O4S/c1-29(34(3,31)32)22-15(14-10-11-14)6-4-8-18(22)26-19-12-20(17-7-5-9-21(24)27-17)25-13-16(19)23(30)28-33-2/h4-9,12-14H,10-11H2,1-3H3,(H,25,26)(H,28,30). The minimum atomic E-state index is -3.56. The van der Waals surface area contributed by atoms with Crippen LogP contribution >= 0.6 is 0 Å². The summed E-state index contributed by atoms with van der Waals surface area (Å²) >= 11 is 0. The van der Waals surface area contributed by atoms with E-state index < -0.39 is 21.9 Å². The van der Waals surface area contributed by atoms with E-state index in [9.17, 15) is 17.6 Å². The molecular weight excluding hydrogens is 461 g/mol. The predicted molar refractivity (Wildman–Crippen MR) is 127 cm³/mol. The minimum Gasteiger partial charge on any atom is -0.353 e. The number of nitrogens with one attached hydrogen (secondary N) is 2. The maximum Gasteiger partial charge on any atom is 0.278 e. The van der Waals surface area contributed by atoms with Crippen molar-refractivity contribution in [1.82, 2.24) is 15.4 Å². The second-order valence-electron chi connectivity index (χ2n) is 7.97. The van der Waals surface area contributed by atoms with Crippen molar-refractivity contribution in [2.45, 2.75) is 18.8 Å². The van der Waals surface area contributed by atoms with E-state index >= 15 is 0 Å². The summed E-state index contributed by atoms with van der Waals surface area (Å²) in [6.07, 6.45) is 4.40. The van der Waals surface area contributed by atoms with Crippen LogP contribution in [0.2, 0.25) is 0 Å². The minimum absolute atomic E-state index is 0.145. The van der Waals surface area contributed by atoms with Crippen LogP contribution in [0.15, 0.2) is 48.7 Å². The first kappa shape index (κ1) is 23.6. The zero-order valence-electron chi connectivity index (χ0n) is 18.9. The lowest BCUT2D eigenvalue weighted by molar-refractivity contribution is 0.0538. The van der Waals surface area contributed by atoms with E-state index in [0.29, 0.717) is 22.8 Å². The van der Waals surface area contributed by atoms with Crippen molar-refractivity contribution in [3.05, 3.63) is 65.7 Å². The Morgan fingerprint density at radius 1 is 1.15 bits per heavy atom. The third kappa shape index (κ3) is 5.00. The van der Waals surface area contributed by atoms with Crippen LogP contribution < -0.4 is 15.1 Å². The second-order valence-corrected chi connectivity index (χ2v) is 9.98. The number of para-hydroxylation sites is 1. The molecule has 0 bridgehead atoms. The Balaban J connectivity index is 1.85. The van der Waals surface area contributed by atoms with Gasteiger partial charge in [-0.05, 0) is 48.6 Å². The average molecular weight is 486 g/mol. The molecule has 3 aromatic rings. The monoisotopic (exact) mass is 485 g/mol. The fraction of sp³-hybridized carbons (Fsp3) is 0.261. The second kappa shape index (κ2) is 9.35. The summed E-state index contributed by atoms with van der Waals surface area (Å²) in [7, 11) is -0.758. The molecular formula is C23H24FN5O4S. The highest BCUT2D eigenvalue weighted by atomic mass is 32.2. The summed E-state index contributed by atoms with van der Waals surface area (Å²) in [6, 6.07) is 11.4. The fourth-order valence-electron chi connectivity index (χ4n) is 3.63. The summed E-state index contributed by atoms with van der Waals surface area (Å²) in [5.41, 5.74) is 5.23. The van der Waals surface area contributed by atoms with Crippen LogP contribution in [-0.4, -0.2) is 44.7 Å². The van der Waals surface area contributed by atoms with Crippen LogP contribution in [0.1, 0.15) is 34.7 Å². The number of carbonyl (C=O) groups is 1. The van der Waals surface area contributed by atoms with Crippen molar-refractivity contribution >= 4 is 33.0 Å². The number of anilines is 3. The third-order valence-electron chi connectivity index (χ3n) is 5.49. The first-order valence-electron chi connectivity index (χ1n) is 10.5. The van der Waals surface area contributed by atoms with Crippen molar-refractivity contribution in [2.75, 3.05) is 30.0 Å². The molecule has 0 aliphatic heterocycles. The highest BCUT2D eigenvalue weighted by Gasteiger charge is 2.31. The molecule has 11 heteroatoms. The summed E-state index contributed by atoms with van der Waals surface area (Å²) in [5, 5.41) is 3.20. The molecule has 2 aromatic heterocycles. The summed E-state index contributed by atoms with van der Waals surface area (Å²) in [4.78, 5) is 25.5. The number of benzene rings is 1. The van der Waals surface area contributed by atoms with E-state index in [1.54, 1.807) is 18.2 Å². The zero-order valence-corrected chi connectivity index (χ0v) is 19.7. The van der Waals surface area contributed by atoms with Gasteiger partial charge in [0, 0.05) is 13.2 Å². The molecule has 4 rings (SSSR count). The lowest BCUT2D eigenvalue weighted by Gasteiger charge is -2.25. The molecule has 0 atom stereocenters. The number of carbonyl (C=O) groups excluding carboxylic acids is 1. The number of nitrogens with zero attached hydrogens (tertiary/aromatic N) is 3. The molecule has 34 heavy (non-hydrogen) atoms. The number of hydrogen-bond acceptors (Lipinski definition) is 7. The van der Waals surface area contributed by atoms with Crippen molar-refractivity contribution in [2.24, 2.45) is 0 Å². The Labute approximate surface area is 197 Å². The molecule has 1 saturated carbocycles. The van der Waals surface area contributed by atoms with Gasteiger partial charge in [-0.15, -0.1) is 0 Å². The van der Waals surface area contributed by atoms with Crippen molar-refractivity contribution < 1.29 is 22.4 Å². The van der Waals surface area contributed by atoms with Crippen molar-refractivity contribution in [3.8, 4) is 11.4 Å². The van der Waals surface area contributed by atoms with Crippen LogP contribution in [0, 0.1) is 5.95 Å². The Hall–Kier alpha value is -3.57. The van der Waals surface area contributed by atoms with E-state index in [2.05, 4.69) is 20.8 Å². The van der Waals surface area contributed by atoms with E-state index in [4.69, 9.17) is 4.84 Å². The molecule has 2 N–H and O–H groups in total. The number of sulfonamides is 1. The van der Waals surface area contributed by atoms with Gasteiger partial charge in [0.2, 0.25) is 16.0 Å². The Kier molecular flexibility index (Phi) is 6.49. The molecule has 0 saturated heterocycles. The molecule has 0 radical (unpaired) electrons. The number of pyridine rings is 2. The molecule has 1 aliphatic carbocycles. The first-order valence-corrected chi connectivity index (χ1v) is 12.3. The average Bonchev–Trinajstić information content (AvgIpc) is 3.63. The van der Waals surface area contributed by atoms with Crippen LogP contribution in [0.5, 0.6) is 0 Å². The number of hydroxylamine groups is 1. The summed E-state index contributed by atoms with van der Waals surface area (Å²) in [6.45, 7) is 0. The van der Waals surface area contributed by atoms with Gasteiger partial charge in [0.25, 0.3) is 5.91 Å². The van der Waals surface area contributed by atoms with Crippen LogP contribution in [-0.2, 0) is 14.9 Å². The van der Waals surface area contributed by atoms with Crippen LogP contribution in [0.25, 0.3) is 11.4 Å². The SMILES string of the molecule is CONC(=O)c1cnc(-c2cccc(F)n2)cc1Nc1cccc(C2CC2)c1N(C)S(C)(=O)=O. The first-order chi connectivity index (χ1) is 16.2. The molecule has 1 aliphatic rings. The molecule has 178 valence electrons. The molecule has 2 heterocycles. The summed E-state index contributed by atoms with van der Waals surface area (Å²) < 4.78 is 39.8. The van der Waals surface area contributed by atoms with Gasteiger partial charge in [-0.1, -0.05) is 18.2 Å². The molecule has 9 nitrogen and oxygen atoms in total. The Morgan fingerprint density at radius 3 is 2.53 bits per heavy atom. The molecule has 1 aromatic carbocycles. The van der Waals surface area contributed by atoms with Crippen molar-refractivity contribution in [1.29, 1.82) is 0 Å². The maximum absolute atomic E-state index is 13.7. The maximum atomic E-state index is 13.7. The number of hydrogen-bond donors (Lipinski definition) is 2. The van der Waals surface area contributed by atoms with Gasteiger partial charge in [0.05, 0.1) is 47.4 Å². The van der Waals surface area contributed by atoms with Gasteiger partial charge >= 0.3 is 0 Å². The lowest BCUT2D eigenvalue weighted by Crippen LogP contribution is -2.27. The van der Waals surface area contributed by atoms with Gasteiger partial charge in [0.15, 0.2) is 0 Å². The van der Waals surface area contributed by atoms with E-state index in [-0.39, 0.29) is 17.2 Å². The highest BCUT2D eigenvalue weighted by Crippen LogP contribution is 2.47. The van der Waals surface area contributed by atoms with Gasteiger partial charge in [-0.3, -0.25) is 18.9 Å². The highest BCUT2D eigenvalue weighted by molar-refractivity contribution is 7.92. The summed E-state index contributed by atoms with van der Waals surface area (Å²) in [5.74, 6) is -0.960. The predicted octanol–water partition coefficient (Wildman–Crippen LogP) is 3.59. The van der Waals surface area contributed by atoms with Gasteiger partial charge < -0.3 is 5.32 Å². The van der Waals surface area contributed by atoms with Gasteiger partial charge in [-0.25, -0.2) is 18.9 Å². The number of halogens is 1. The fourth-order valence-corrected chi connectivity index (χ4v) is 4.16. The topological polar surface area (TPSA) is 114 Å². The smallest absolute Gasteiger partial charge is 0.278 e. The van der Waals surface area contributed by atoms with Gasteiger partial charge in [-0.2, -0.15) is 4.39 Å². The normalized spacial score (nSPS) is 13.4. The number of aromatic nitrogens is 2. The molecule has 0 spiro atoms. The Morgan fingerprint density at radius 2 is 1.88 bits per heavy atom. The Bertz CT molecular complexity index is 1340.